The molecule has 5 rings (SSSR count). The number of fused-ring (bicyclic) bond motifs is 1. The summed E-state index contributed by atoms with van der Waals surface area (Å²) < 4.78 is 79.3. The van der Waals surface area contributed by atoms with Crippen LogP contribution in [0.3, 0.4) is 0 Å². The van der Waals surface area contributed by atoms with Crippen LogP contribution in [0.15, 0.2) is 36.4 Å². The first-order valence-electron chi connectivity index (χ1n) is 14.3. The van der Waals surface area contributed by atoms with E-state index in [1.807, 2.05) is 0 Å². The zero-order valence-electron chi connectivity index (χ0n) is 25.1. The van der Waals surface area contributed by atoms with E-state index in [0.717, 1.165) is 0 Å². The minimum atomic E-state index is -3.64. The Kier molecular flexibility index (Phi) is 4.36. The van der Waals surface area contributed by atoms with Crippen LogP contribution in [0.5, 0.6) is 0 Å². The number of carbonyl (C=O) groups excluding carboxylic acids is 3. The molecule has 3 aliphatic rings. The summed E-state index contributed by atoms with van der Waals surface area (Å²) in [5, 5.41) is 4.50. The summed E-state index contributed by atoms with van der Waals surface area (Å²) in [7, 11) is 0. The second-order valence-corrected chi connectivity index (χ2v) is 7.99. The Hall–Kier alpha value is -3.30. The Labute approximate surface area is 206 Å². The third-order valence-corrected chi connectivity index (χ3v) is 5.81. The normalized spacial score (nSPS) is 30.6. The van der Waals surface area contributed by atoms with Crippen molar-refractivity contribution in [2.75, 3.05) is 31.6 Å². The van der Waals surface area contributed by atoms with Gasteiger partial charge < -0.3 is 15.0 Å². The topological polar surface area (TPSA) is 91.0 Å². The lowest BCUT2D eigenvalue weighted by molar-refractivity contribution is -0.136. The van der Waals surface area contributed by atoms with Gasteiger partial charge in [-0.1, -0.05) is 24.3 Å². The van der Waals surface area contributed by atoms with E-state index < -0.39 is 48.8 Å². The molecule has 0 spiro atoms. The first kappa shape index (κ1) is 15.6. The molecule has 1 unspecified atom stereocenters. The van der Waals surface area contributed by atoms with Crippen molar-refractivity contribution in [1.82, 2.24) is 15.1 Å². The summed E-state index contributed by atoms with van der Waals surface area (Å²) in [6.45, 7) is -0.292. The quantitative estimate of drug-likeness (QED) is 0.624. The SMILES string of the molecule is [2H]C1([2H])c2c(NCc3cccc(CN4CCOCC4)c3F)cccc2C(=O)N1C1([2H])C(=O)NC(=O)C([2H])([2H])C1([2H])[2H]. The molecule has 0 aromatic heterocycles. The van der Waals surface area contributed by atoms with E-state index in [1.165, 1.54) is 18.2 Å². The standard InChI is InChI=1S/C25H27FN4O4/c26-23-16(3-1-4-17(23)14-29-9-11-34-12-10-29)13-27-20-6-2-5-18-19(20)15-30(25(18)33)21-7-8-22(31)28-24(21)32/h1-6,21,27H,7-15H2,(H,28,31,32)/i7D2,8D2,15D2,21D. The highest BCUT2D eigenvalue weighted by Gasteiger charge is 2.39. The van der Waals surface area contributed by atoms with Crippen molar-refractivity contribution in [3.05, 3.63) is 64.5 Å². The number of amides is 3. The number of anilines is 1. The number of ether oxygens (including phenoxy) is 1. The van der Waals surface area contributed by atoms with E-state index in [1.54, 1.807) is 23.5 Å². The van der Waals surface area contributed by atoms with Gasteiger partial charge >= 0.3 is 0 Å². The van der Waals surface area contributed by atoms with Crippen LogP contribution in [-0.2, 0) is 33.9 Å². The third-order valence-electron chi connectivity index (χ3n) is 5.81. The van der Waals surface area contributed by atoms with Crippen molar-refractivity contribution in [3.8, 4) is 0 Å². The number of nitrogens with one attached hydrogen (secondary N) is 2. The molecule has 3 aliphatic heterocycles. The van der Waals surface area contributed by atoms with Gasteiger partial charge in [-0.25, -0.2) is 4.39 Å². The van der Waals surface area contributed by atoms with Crippen molar-refractivity contribution in [3.63, 3.8) is 0 Å². The van der Waals surface area contributed by atoms with Gasteiger partial charge in [0.2, 0.25) is 11.8 Å². The molecule has 0 aliphatic carbocycles. The van der Waals surface area contributed by atoms with E-state index in [-0.39, 0.29) is 33.8 Å². The monoisotopic (exact) mass is 473 g/mol. The molecule has 2 aromatic rings. The zero-order valence-corrected chi connectivity index (χ0v) is 18.1. The lowest BCUT2D eigenvalue weighted by Crippen LogP contribution is -2.52. The minimum Gasteiger partial charge on any atom is -0.381 e. The van der Waals surface area contributed by atoms with Crippen LogP contribution in [-0.4, -0.2) is 59.8 Å². The fourth-order valence-electron chi connectivity index (χ4n) is 4.04. The number of benzene rings is 2. The molecule has 1 atom stereocenters. The molecule has 3 amide bonds. The number of rotatable bonds is 6. The lowest BCUT2D eigenvalue weighted by Gasteiger charge is -2.29. The molecule has 34 heavy (non-hydrogen) atoms. The molecule has 9 heteroatoms. The Morgan fingerprint density at radius 2 is 1.91 bits per heavy atom. The first-order valence-corrected chi connectivity index (χ1v) is 10.8. The van der Waals surface area contributed by atoms with Crippen molar-refractivity contribution < 1.29 is 33.1 Å². The van der Waals surface area contributed by atoms with E-state index in [0.29, 0.717) is 38.4 Å². The van der Waals surface area contributed by atoms with Crippen LogP contribution in [0.4, 0.5) is 10.1 Å². The van der Waals surface area contributed by atoms with E-state index in [9.17, 15) is 14.4 Å². The van der Waals surface area contributed by atoms with Crippen molar-refractivity contribution in [2.24, 2.45) is 0 Å². The van der Waals surface area contributed by atoms with Gasteiger partial charge in [0.05, 0.1) is 17.3 Å². The van der Waals surface area contributed by atoms with Gasteiger partial charge in [-0.2, -0.15) is 0 Å². The number of piperidine rings is 1. The fraction of sp³-hybridized carbons (Fsp3) is 0.400. The predicted molar refractivity (Wildman–Crippen MR) is 122 cm³/mol. The molecule has 2 aromatic carbocycles. The lowest BCUT2D eigenvalue weighted by atomic mass is 10.0. The molecule has 2 fully saturated rings. The van der Waals surface area contributed by atoms with Crippen LogP contribution in [0.25, 0.3) is 0 Å². The highest BCUT2D eigenvalue weighted by molar-refractivity contribution is 6.06. The number of hydrogen-bond acceptors (Lipinski definition) is 6. The number of morpholine rings is 1. The molecule has 8 nitrogen and oxygen atoms in total. The Morgan fingerprint density at radius 1 is 1.15 bits per heavy atom. The maximum atomic E-state index is 15.4. The van der Waals surface area contributed by atoms with Crippen molar-refractivity contribution >= 4 is 23.4 Å². The number of halogens is 1. The molecule has 3 heterocycles. The molecule has 178 valence electrons. The molecule has 2 N–H and O–H groups in total. The summed E-state index contributed by atoms with van der Waals surface area (Å²) in [5.41, 5.74) is 0.131. The summed E-state index contributed by atoms with van der Waals surface area (Å²) in [5.74, 6) is -5.02. The molecular formula is C25H27FN4O4. The third kappa shape index (κ3) is 4.41. The largest absolute Gasteiger partial charge is 0.381 e. The van der Waals surface area contributed by atoms with Crippen LogP contribution < -0.4 is 10.6 Å². The average molecular weight is 474 g/mol. The van der Waals surface area contributed by atoms with Crippen LogP contribution >= 0.6 is 0 Å². The van der Waals surface area contributed by atoms with Gasteiger partial charge in [-0.3, -0.25) is 24.6 Å². The summed E-state index contributed by atoms with van der Waals surface area (Å²) in [6, 6.07) is 5.46. The number of imide groups is 1. The van der Waals surface area contributed by atoms with Crippen LogP contribution in [0.1, 0.15) is 49.4 Å². The average Bonchev–Trinajstić information content (AvgIpc) is 3.13. The smallest absolute Gasteiger partial charge is 0.255 e. The van der Waals surface area contributed by atoms with Gasteiger partial charge in [0.1, 0.15) is 11.8 Å². The van der Waals surface area contributed by atoms with Gasteiger partial charge in [0.15, 0.2) is 0 Å². The Balaban J connectivity index is 1.46. The highest BCUT2D eigenvalue weighted by atomic mass is 19.1. The van der Waals surface area contributed by atoms with Crippen molar-refractivity contribution in [2.45, 2.75) is 38.4 Å². The molecular weight excluding hydrogens is 439 g/mol. The number of nitrogens with zero attached hydrogens (tertiary/aromatic N) is 2. The second kappa shape index (κ2) is 9.52. The van der Waals surface area contributed by atoms with E-state index >= 15 is 4.39 Å². The van der Waals surface area contributed by atoms with Gasteiger partial charge in [-0.15, -0.1) is 0 Å². The zero-order chi connectivity index (χ0) is 30.0. The van der Waals surface area contributed by atoms with Gasteiger partial charge in [0, 0.05) is 72.5 Å². The summed E-state index contributed by atoms with van der Waals surface area (Å²) in [6.07, 6.45) is -7.08. The highest BCUT2D eigenvalue weighted by Crippen LogP contribution is 2.32. The van der Waals surface area contributed by atoms with E-state index in [2.05, 4.69) is 10.2 Å². The fourth-order valence-corrected chi connectivity index (χ4v) is 4.04. The molecule has 2 saturated heterocycles. The number of hydrogen-bond donors (Lipinski definition) is 2. The molecule has 0 saturated carbocycles. The van der Waals surface area contributed by atoms with Gasteiger partial charge in [0.25, 0.3) is 5.91 Å². The Bertz CT molecular complexity index is 1440. The number of carbonyl (C=O) groups is 3. The molecule has 0 radical (unpaired) electrons. The maximum Gasteiger partial charge on any atom is 0.255 e. The first-order chi connectivity index (χ1) is 19.2. The maximum absolute atomic E-state index is 15.4. The molecule has 0 bridgehead atoms. The Morgan fingerprint density at radius 3 is 2.74 bits per heavy atom. The van der Waals surface area contributed by atoms with Crippen molar-refractivity contribution in [1.29, 1.82) is 0 Å². The predicted octanol–water partition coefficient (Wildman–Crippen LogP) is 2.03. The summed E-state index contributed by atoms with van der Waals surface area (Å²) >= 11 is 0. The second-order valence-electron chi connectivity index (χ2n) is 7.99. The van der Waals surface area contributed by atoms with E-state index in [4.69, 9.17) is 14.3 Å². The van der Waals surface area contributed by atoms with Crippen LogP contribution in [0, 0.1) is 5.82 Å². The summed E-state index contributed by atoms with van der Waals surface area (Å²) in [4.78, 5) is 40.5. The van der Waals surface area contributed by atoms with Gasteiger partial charge in [-0.05, 0) is 18.5 Å². The minimum absolute atomic E-state index is 0.0268. The van der Waals surface area contributed by atoms with Crippen LogP contribution in [0.2, 0.25) is 0 Å².